The highest BCUT2D eigenvalue weighted by Gasteiger charge is 2.47. The van der Waals surface area contributed by atoms with E-state index in [4.69, 9.17) is 4.52 Å². The molecular formula is C14H22O3PS+. The number of hydrogen-bond acceptors (Lipinski definition) is 3. The Hall–Kier alpha value is -0.410. The lowest BCUT2D eigenvalue weighted by Gasteiger charge is -2.34. The summed E-state index contributed by atoms with van der Waals surface area (Å²) >= 11 is 1.52. The Balaban J connectivity index is 3.08. The van der Waals surface area contributed by atoms with Crippen molar-refractivity contribution in [3.05, 3.63) is 29.8 Å². The predicted molar refractivity (Wildman–Crippen MR) is 80.4 cm³/mol. The minimum atomic E-state index is -2.63. The zero-order valence-corrected chi connectivity index (χ0v) is 13.8. The maximum Gasteiger partial charge on any atom is 0.696 e. The van der Waals surface area contributed by atoms with Gasteiger partial charge in [-0.05, 0) is 30.9 Å². The molecule has 5 heteroatoms. The first-order valence-corrected chi connectivity index (χ1v) is 8.33. The van der Waals surface area contributed by atoms with Gasteiger partial charge in [0.15, 0.2) is 4.93 Å². The zero-order valence-electron chi connectivity index (χ0n) is 12.1. The minimum Gasteiger partial charge on any atom is -0.133 e. The van der Waals surface area contributed by atoms with E-state index in [-0.39, 0.29) is 11.8 Å². The number of thioether (sulfide) groups is 1. The topological polar surface area (TPSA) is 46.5 Å². The van der Waals surface area contributed by atoms with Crippen molar-refractivity contribution in [3.63, 3.8) is 0 Å². The highest BCUT2D eigenvalue weighted by molar-refractivity contribution is 8.00. The molecule has 1 atom stereocenters. The molecule has 1 rings (SSSR count). The minimum absolute atomic E-state index is 0.116. The molecule has 0 amide bonds. The molecule has 0 aromatic heterocycles. The molecule has 19 heavy (non-hydrogen) atoms. The van der Waals surface area contributed by atoms with Crippen molar-refractivity contribution >= 4 is 20.0 Å². The van der Waals surface area contributed by atoms with Crippen molar-refractivity contribution in [2.75, 3.05) is 0 Å². The molecule has 0 fully saturated rings. The Morgan fingerprint density at radius 3 is 2.00 bits per heavy atom. The smallest absolute Gasteiger partial charge is 0.133 e. The van der Waals surface area contributed by atoms with Crippen LogP contribution in [0.1, 0.15) is 33.3 Å². The van der Waals surface area contributed by atoms with Gasteiger partial charge in [-0.15, -0.1) is 9.42 Å². The van der Waals surface area contributed by atoms with Crippen LogP contribution in [0.3, 0.4) is 0 Å². The molecular weight excluding hydrogens is 279 g/mol. The largest absolute Gasteiger partial charge is 0.696 e. The summed E-state index contributed by atoms with van der Waals surface area (Å²) in [4.78, 5) is 9.53. The lowest BCUT2D eigenvalue weighted by molar-refractivity contribution is 0.0651. The van der Waals surface area contributed by atoms with E-state index in [0.717, 1.165) is 4.90 Å². The van der Waals surface area contributed by atoms with Crippen LogP contribution in [0, 0.1) is 18.8 Å². The zero-order chi connectivity index (χ0) is 14.6. The third-order valence-corrected chi connectivity index (χ3v) is 5.56. The molecule has 0 bridgehead atoms. The summed E-state index contributed by atoms with van der Waals surface area (Å²) in [6.07, 6.45) is 0. The molecule has 0 aliphatic rings. The molecule has 0 saturated heterocycles. The third-order valence-electron chi connectivity index (χ3n) is 3.13. The van der Waals surface area contributed by atoms with Crippen LogP contribution in [-0.2, 0) is 9.09 Å². The monoisotopic (exact) mass is 301 g/mol. The highest BCUT2D eigenvalue weighted by Crippen LogP contribution is 2.49. The van der Waals surface area contributed by atoms with Gasteiger partial charge in [-0.2, -0.15) is 0 Å². The van der Waals surface area contributed by atoms with Crippen molar-refractivity contribution in [2.24, 2.45) is 11.8 Å². The first-order valence-electron chi connectivity index (χ1n) is 6.39. The summed E-state index contributed by atoms with van der Waals surface area (Å²) in [6, 6.07) is 8.11. The average molecular weight is 301 g/mol. The summed E-state index contributed by atoms with van der Waals surface area (Å²) in [5.74, 6) is 0.231. The van der Waals surface area contributed by atoms with Gasteiger partial charge < -0.3 is 0 Å². The van der Waals surface area contributed by atoms with Gasteiger partial charge in [0.05, 0.1) is 0 Å². The van der Waals surface area contributed by atoms with Gasteiger partial charge in [0.25, 0.3) is 0 Å². The summed E-state index contributed by atoms with van der Waals surface area (Å²) in [5, 5.41) is 0. The van der Waals surface area contributed by atoms with E-state index in [9.17, 15) is 9.46 Å². The molecule has 3 nitrogen and oxygen atoms in total. The van der Waals surface area contributed by atoms with Gasteiger partial charge in [-0.25, -0.2) is 0 Å². The number of rotatable bonds is 6. The van der Waals surface area contributed by atoms with Crippen LogP contribution in [0.4, 0.5) is 0 Å². The van der Waals surface area contributed by atoms with Crippen LogP contribution in [0.25, 0.3) is 0 Å². The van der Waals surface area contributed by atoms with Gasteiger partial charge in [-0.1, -0.05) is 57.2 Å². The van der Waals surface area contributed by atoms with Crippen LogP contribution in [0.2, 0.25) is 0 Å². The van der Waals surface area contributed by atoms with Crippen LogP contribution in [0.5, 0.6) is 0 Å². The molecule has 1 unspecified atom stereocenters. The maximum absolute atomic E-state index is 11.2. The Kier molecular flexibility index (Phi) is 6.00. The van der Waals surface area contributed by atoms with Crippen LogP contribution >= 0.6 is 20.0 Å². The Morgan fingerprint density at radius 2 is 1.63 bits per heavy atom. The van der Waals surface area contributed by atoms with E-state index in [2.05, 4.69) is 0 Å². The molecule has 0 aliphatic heterocycles. The van der Waals surface area contributed by atoms with E-state index in [1.54, 1.807) is 0 Å². The van der Waals surface area contributed by atoms with Crippen molar-refractivity contribution in [1.82, 2.24) is 0 Å². The Labute approximate surface area is 120 Å². The third kappa shape index (κ3) is 4.28. The normalized spacial score (nSPS) is 13.2. The van der Waals surface area contributed by atoms with Gasteiger partial charge in [-0.3, -0.25) is 0 Å². The van der Waals surface area contributed by atoms with Crippen molar-refractivity contribution in [3.8, 4) is 0 Å². The van der Waals surface area contributed by atoms with E-state index < -0.39 is 13.2 Å². The van der Waals surface area contributed by atoms with E-state index in [1.807, 2.05) is 58.9 Å². The van der Waals surface area contributed by atoms with Gasteiger partial charge in [0, 0.05) is 9.46 Å². The molecule has 0 saturated carbocycles. The number of hydrogen-bond donors (Lipinski definition) is 1. The molecule has 106 valence electrons. The summed E-state index contributed by atoms with van der Waals surface area (Å²) in [6.45, 7) is 10.1. The molecule has 0 spiro atoms. The fourth-order valence-corrected chi connectivity index (χ4v) is 4.16. The lowest BCUT2D eigenvalue weighted by Crippen LogP contribution is -2.38. The van der Waals surface area contributed by atoms with Crippen LogP contribution < -0.4 is 0 Å². The van der Waals surface area contributed by atoms with Crippen molar-refractivity contribution < 1.29 is 14.0 Å². The van der Waals surface area contributed by atoms with Crippen molar-refractivity contribution in [2.45, 2.75) is 44.4 Å². The molecule has 1 N–H and O–H groups in total. The molecule has 0 heterocycles. The van der Waals surface area contributed by atoms with Crippen LogP contribution in [0.15, 0.2) is 29.2 Å². The fourth-order valence-electron chi connectivity index (χ4n) is 2.04. The first-order chi connectivity index (χ1) is 8.78. The SMILES string of the molecule is Cc1ccc(SC(O[P+](=O)O)(C(C)C)C(C)C)cc1. The van der Waals surface area contributed by atoms with Gasteiger partial charge in [0.2, 0.25) is 0 Å². The predicted octanol–water partition coefficient (Wildman–Crippen LogP) is 4.76. The standard InChI is InChI=1S/C14H21O3PS/c1-10(2)14(11(3)4,17-18(15)16)19-13-8-6-12(5)7-9-13/h6-11H,1-5H3/p+1. The first kappa shape index (κ1) is 16.6. The summed E-state index contributed by atoms with van der Waals surface area (Å²) in [7, 11) is -2.63. The number of aryl methyl sites for hydroxylation is 1. The van der Waals surface area contributed by atoms with Crippen molar-refractivity contribution in [1.29, 1.82) is 0 Å². The quantitative estimate of drug-likeness (QED) is 0.467. The Morgan fingerprint density at radius 1 is 1.16 bits per heavy atom. The average Bonchev–Trinajstić information content (AvgIpc) is 2.29. The van der Waals surface area contributed by atoms with Crippen LogP contribution in [-0.4, -0.2) is 9.83 Å². The van der Waals surface area contributed by atoms with E-state index >= 15 is 0 Å². The fraction of sp³-hybridized carbons (Fsp3) is 0.571. The van der Waals surface area contributed by atoms with E-state index in [0.29, 0.717) is 0 Å². The number of benzene rings is 1. The second-order valence-corrected chi connectivity index (χ2v) is 7.25. The van der Waals surface area contributed by atoms with Gasteiger partial charge >= 0.3 is 8.25 Å². The highest BCUT2D eigenvalue weighted by atomic mass is 32.2. The lowest BCUT2D eigenvalue weighted by atomic mass is 9.96. The summed E-state index contributed by atoms with van der Waals surface area (Å²) < 4.78 is 16.6. The summed E-state index contributed by atoms with van der Waals surface area (Å²) in [5.41, 5.74) is 1.19. The second kappa shape index (κ2) is 6.85. The molecule has 0 aliphatic carbocycles. The maximum atomic E-state index is 11.2. The molecule has 0 radical (unpaired) electrons. The molecule has 1 aromatic carbocycles. The second-order valence-electron chi connectivity index (χ2n) is 5.28. The Bertz CT molecular complexity index is 421. The van der Waals surface area contributed by atoms with Gasteiger partial charge in [0.1, 0.15) is 0 Å². The van der Waals surface area contributed by atoms with E-state index in [1.165, 1.54) is 17.3 Å². The molecule has 1 aromatic rings.